The second-order valence-electron chi connectivity index (χ2n) is 3.66. The zero-order chi connectivity index (χ0) is 11.9. The van der Waals surface area contributed by atoms with Gasteiger partial charge in [0.2, 0.25) is 0 Å². The minimum Gasteiger partial charge on any atom is -0.389 e. The Hall–Kier alpha value is -0.683. The average molecular weight is 240 g/mol. The molecule has 0 radical (unpaired) electrons. The van der Waals surface area contributed by atoms with Gasteiger partial charge in [-0.3, -0.25) is 0 Å². The lowest BCUT2D eigenvalue weighted by Gasteiger charge is -2.23. The van der Waals surface area contributed by atoms with Crippen molar-refractivity contribution >= 4 is 8.80 Å². The summed E-state index contributed by atoms with van der Waals surface area (Å²) in [6.07, 6.45) is 0.886. The van der Waals surface area contributed by atoms with E-state index in [4.69, 9.17) is 8.85 Å². The highest BCUT2D eigenvalue weighted by Gasteiger charge is 2.36. The summed E-state index contributed by atoms with van der Waals surface area (Å²) >= 11 is 0. The molecule has 4 heteroatoms. The molecular weight excluding hydrogens is 220 g/mol. The van der Waals surface area contributed by atoms with Crippen molar-refractivity contribution in [3.8, 4) is 0 Å². The van der Waals surface area contributed by atoms with Crippen molar-refractivity contribution < 1.29 is 13.6 Å². The minimum absolute atomic E-state index is 0.485. The van der Waals surface area contributed by atoms with E-state index in [1.54, 1.807) is 0 Å². The van der Waals surface area contributed by atoms with Crippen LogP contribution < -0.4 is 0 Å². The van der Waals surface area contributed by atoms with Gasteiger partial charge < -0.3 is 13.6 Å². The quantitative estimate of drug-likeness (QED) is 0.742. The number of rotatable bonds is 7. The fourth-order valence-corrected chi connectivity index (χ4v) is 3.50. The molecule has 1 aromatic carbocycles. The highest BCUT2D eigenvalue weighted by atomic mass is 28.4. The molecule has 0 spiro atoms. The van der Waals surface area contributed by atoms with Crippen LogP contribution in [-0.4, -0.2) is 26.8 Å². The summed E-state index contributed by atoms with van der Waals surface area (Å²) in [5.41, 5.74) is 1.06. The predicted molar refractivity (Wildman–Crippen MR) is 66.0 cm³/mol. The first-order valence-corrected chi connectivity index (χ1v) is 7.71. The molecule has 0 aromatic heterocycles. The van der Waals surface area contributed by atoms with E-state index in [9.17, 15) is 4.80 Å². The van der Waals surface area contributed by atoms with E-state index in [0.717, 1.165) is 12.0 Å². The molecule has 1 N–H and O–H groups in total. The number of hydrogen-bond donors (Lipinski definition) is 1. The third-order valence-corrected chi connectivity index (χ3v) is 4.42. The van der Waals surface area contributed by atoms with Crippen LogP contribution in [0.15, 0.2) is 30.3 Å². The Morgan fingerprint density at radius 2 is 1.81 bits per heavy atom. The maximum atomic E-state index is 10.3. The Balaban J connectivity index is 2.62. The van der Waals surface area contributed by atoms with Gasteiger partial charge in [-0.15, -0.1) is 0 Å². The number of hydrogen-bond acceptors (Lipinski definition) is 3. The van der Waals surface area contributed by atoms with Gasteiger partial charge in [0.15, 0.2) is 0 Å². The molecule has 0 aliphatic heterocycles. The summed E-state index contributed by atoms with van der Waals surface area (Å²) in [6, 6.07) is 10.3. The van der Waals surface area contributed by atoms with E-state index in [1.807, 2.05) is 44.2 Å². The lowest BCUT2D eigenvalue weighted by atomic mass is 10.2. The van der Waals surface area contributed by atoms with Gasteiger partial charge in [0.05, 0.1) is 0 Å². The van der Waals surface area contributed by atoms with E-state index in [0.29, 0.717) is 19.3 Å². The second-order valence-corrected chi connectivity index (χ2v) is 6.01. The smallest absolute Gasteiger partial charge is 0.389 e. The van der Waals surface area contributed by atoms with Crippen molar-refractivity contribution in [1.29, 1.82) is 0 Å². The summed E-state index contributed by atoms with van der Waals surface area (Å²) in [7, 11) is -3.01. The van der Waals surface area contributed by atoms with Crippen LogP contribution in [0, 0.1) is 0 Å². The Morgan fingerprint density at radius 3 is 2.38 bits per heavy atom. The molecule has 0 aliphatic rings. The first-order chi connectivity index (χ1) is 7.70. The van der Waals surface area contributed by atoms with E-state index < -0.39 is 8.80 Å². The molecule has 0 saturated carbocycles. The first-order valence-electron chi connectivity index (χ1n) is 5.74. The predicted octanol–water partition coefficient (Wildman–Crippen LogP) is 2.16. The lowest BCUT2D eigenvalue weighted by molar-refractivity contribution is 0.102. The minimum atomic E-state index is -3.01. The van der Waals surface area contributed by atoms with Gasteiger partial charge in [-0.05, 0) is 18.9 Å². The Labute approximate surface area is 98.4 Å². The molecule has 90 valence electrons. The topological polar surface area (TPSA) is 38.7 Å². The van der Waals surface area contributed by atoms with Gasteiger partial charge in [-0.25, -0.2) is 0 Å². The van der Waals surface area contributed by atoms with E-state index in [1.165, 1.54) is 0 Å². The molecule has 16 heavy (non-hydrogen) atoms. The zero-order valence-electron chi connectivity index (χ0n) is 9.98. The van der Waals surface area contributed by atoms with Crippen molar-refractivity contribution in [1.82, 2.24) is 0 Å². The molecule has 1 atom stereocenters. The van der Waals surface area contributed by atoms with E-state index >= 15 is 0 Å². The van der Waals surface area contributed by atoms with Crippen LogP contribution in [-0.2, 0) is 14.9 Å². The summed E-state index contributed by atoms with van der Waals surface area (Å²) in [4.78, 5) is 10.3. The third-order valence-electron chi connectivity index (χ3n) is 2.17. The third kappa shape index (κ3) is 4.45. The van der Waals surface area contributed by atoms with Crippen molar-refractivity contribution in [2.75, 3.05) is 13.2 Å². The zero-order valence-corrected chi connectivity index (χ0v) is 11.0. The molecule has 0 aliphatic carbocycles. The van der Waals surface area contributed by atoms with Crippen LogP contribution in [0.3, 0.4) is 0 Å². The highest BCUT2D eigenvalue weighted by Crippen LogP contribution is 2.12. The average Bonchev–Trinajstić information content (AvgIpc) is 2.28. The van der Waals surface area contributed by atoms with E-state index in [-0.39, 0.29) is 0 Å². The molecule has 0 saturated heterocycles. The molecule has 0 fully saturated rings. The van der Waals surface area contributed by atoms with Crippen molar-refractivity contribution in [3.63, 3.8) is 0 Å². The standard InChI is InChI=1S/C12H20O3Si/c1-3-10-15-16(13,14-4-2)11-12-8-6-5-7-9-12/h5-9,13H,3-4,10-11H2,1-2H3. The molecule has 0 heterocycles. The molecule has 1 unspecified atom stereocenters. The maximum absolute atomic E-state index is 10.3. The van der Waals surface area contributed by atoms with Gasteiger partial charge in [-0.2, -0.15) is 0 Å². The van der Waals surface area contributed by atoms with Gasteiger partial charge >= 0.3 is 8.80 Å². The fraction of sp³-hybridized carbons (Fsp3) is 0.500. The molecule has 3 nitrogen and oxygen atoms in total. The van der Waals surface area contributed by atoms with Crippen molar-refractivity contribution in [2.24, 2.45) is 0 Å². The SMILES string of the molecule is CCCO[Si](O)(Cc1ccccc1)OCC. The monoisotopic (exact) mass is 240 g/mol. The summed E-state index contributed by atoms with van der Waals surface area (Å²) < 4.78 is 10.9. The summed E-state index contributed by atoms with van der Waals surface area (Å²) in [5.74, 6) is 0. The van der Waals surface area contributed by atoms with Gasteiger partial charge in [0, 0.05) is 19.3 Å². The Morgan fingerprint density at radius 1 is 1.12 bits per heavy atom. The van der Waals surface area contributed by atoms with Gasteiger partial charge in [-0.1, -0.05) is 37.3 Å². The van der Waals surface area contributed by atoms with E-state index in [2.05, 4.69) is 0 Å². The highest BCUT2D eigenvalue weighted by molar-refractivity contribution is 6.58. The summed E-state index contributed by atoms with van der Waals surface area (Å²) in [5, 5.41) is 0. The normalized spacial score (nSPS) is 14.7. The van der Waals surface area contributed by atoms with Crippen LogP contribution in [0.4, 0.5) is 0 Å². The molecule has 1 aromatic rings. The van der Waals surface area contributed by atoms with Gasteiger partial charge in [0.25, 0.3) is 0 Å². The Kier molecular flexibility index (Phi) is 5.69. The van der Waals surface area contributed by atoms with Crippen molar-refractivity contribution in [2.45, 2.75) is 26.3 Å². The molecular formula is C12H20O3Si. The van der Waals surface area contributed by atoms with Crippen LogP contribution in [0.25, 0.3) is 0 Å². The molecule has 1 rings (SSSR count). The maximum Gasteiger partial charge on any atom is 0.502 e. The number of benzene rings is 1. The van der Waals surface area contributed by atoms with Crippen LogP contribution in [0.2, 0.25) is 0 Å². The van der Waals surface area contributed by atoms with Crippen LogP contribution >= 0.6 is 0 Å². The molecule has 0 amide bonds. The Bertz CT molecular complexity index is 292. The summed E-state index contributed by atoms with van der Waals surface area (Å²) in [6.45, 7) is 4.93. The van der Waals surface area contributed by atoms with Crippen molar-refractivity contribution in [3.05, 3.63) is 35.9 Å². The first kappa shape index (κ1) is 13.4. The lowest BCUT2D eigenvalue weighted by Crippen LogP contribution is -2.45. The van der Waals surface area contributed by atoms with Gasteiger partial charge in [0.1, 0.15) is 0 Å². The largest absolute Gasteiger partial charge is 0.502 e. The molecule has 0 bridgehead atoms. The van der Waals surface area contributed by atoms with Crippen LogP contribution in [0.5, 0.6) is 0 Å². The van der Waals surface area contributed by atoms with Crippen LogP contribution in [0.1, 0.15) is 25.8 Å². The fourth-order valence-electron chi connectivity index (χ4n) is 1.48. The second kappa shape index (κ2) is 6.80.